The molecule has 0 atom stereocenters. The molecule has 2 aromatic carbocycles. The first-order valence-electron chi connectivity index (χ1n) is 6.69. The van der Waals surface area contributed by atoms with Gasteiger partial charge in [-0.15, -0.1) is 0 Å². The van der Waals surface area contributed by atoms with Crippen molar-refractivity contribution in [1.29, 1.82) is 0 Å². The van der Waals surface area contributed by atoms with Gasteiger partial charge in [-0.05, 0) is 48.5 Å². The van der Waals surface area contributed by atoms with E-state index in [9.17, 15) is 0 Å². The molecule has 3 aromatic rings. The first-order chi connectivity index (χ1) is 9.70. The molecule has 0 saturated heterocycles. The van der Waals surface area contributed by atoms with Gasteiger partial charge < -0.3 is 4.98 Å². The Kier molecular flexibility index (Phi) is 3.64. The van der Waals surface area contributed by atoms with Crippen molar-refractivity contribution in [3.8, 4) is 5.69 Å². The van der Waals surface area contributed by atoms with E-state index in [2.05, 4.69) is 34.7 Å². The molecule has 102 valence electrons. The van der Waals surface area contributed by atoms with Gasteiger partial charge in [-0.25, -0.2) is 0 Å². The molecule has 0 spiro atoms. The normalized spacial score (nSPS) is 11.1. The third-order valence-corrected chi connectivity index (χ3v) is 3.92. The molecular formula is C16H15ClN2S. The van der Waals surface area contributed by atoms with E-state index in [4.69, 9.17) is 23.8 Å². The second-order valence-corrected chi connectivity index (χ2v) is 5.63. The minimum atomic E-state index is 0.700. The summed E-state index contributed by atoms with van der Waals surface area (Å²) in [4.78, 5) is 3.23. The van der Waals surface area contributed by atoms with Gasteiger partial charge in [0, 0.05) is 5.02 Å². The molecule has 0 aliphatic heterocycles. The second kappa shape index (κ2) is 5.43. The van der Waals surface area contributed by atoms with E-state index in [1.807, 2.05) is 24.3 Å². The van der Waals surface area contributed by atoms with Crippen LogP contribution in [0.5, 0.6) is 0 Å². The van der Waals surface area contributed by atoms with Gasteiger partial charge in [0.15, 0.2) is 4.77 Å². The monoisotopic (exact) mass is 302 g/mol. The molecule has 0 amide bonds. The van der Waals surface area contributed by atoms with Gasteiger partial charge in [-0.1, -0.05) is 43.1 Å². The molecule has 1 N–H and O–H groups in total. The average molecular weight is 303 g/mol. The summed E-state index contributed by atoms with van der Waals surface area (Å²) in [5.41, 5.74) is 4.48. The minimum absolute atomic E-state index is 0.700. The van der Waals surface area contributed by atoms with Gasteiger partial charge >= 0.3 is 0 Å². The van der Waals surface area contributed by atoms with Crippen LogP contribution in [0.2, 0.25) is 5.02 Å². The minimum Gasteiger partial charge on any atom is -0.330 e. The lowest BCUT2D eigenvalue weighted by Crippen LogP contribution is -1.99. The Morgan fingerprint density at radius 1 is 1.20 bits per heavy atom. The smallest absolute Gasteiger partial charge is 0.182 e. The zero-order chi connectivity index (χ0) is 14.1. The maximum absolute atomic E-state index is 6.04. The molecule has 20 heavy (non-hydrogen) atoms. The highest BCUT2D eigenvalue weighted by molar-refractivity contribution is 7.71. The van der Waals surface area contributed by atoms with Crippen molar-refractivity contribution < 1.29 is 0 Å². The Balaban J connectivity index is 2.30. The van der Waals surface area contributed by atoms with Crippen LogP contribution in [0.25, 0.3) is 16.7 Å². The largest absolute Gasteiger partial charge is 0.330 e. The number of nitrogens with zero attached hydrogens (tertiary/aromatic N) is 1. The molecule has 1 heterocycles. The number of benzene rings is 2. The van der Waals surface area contributed by atoms with Crippen molar-refractivity contribution in [2.24, 2.45) is 0 Å². The fraction of sp³-hybridized carbons (Fsp3) is 0.188. The Hall–Kier alpha value is -1.58. The van der Waals surface area contributed by atoms with Crippen molar-refractivity contribution in [1.82, 2.24) is 9.55 Å². The number of aromatic nitrogens is 2. The maximum Gasteiger partial charge on any atom is 0.182 e. The first kappa shape index (κ1) is 13.4. The number of hydrogen-bond donors (Lipinski definition) is 1. The van der Waals surface area contributed by atoms with Gasteiger partial charge in [-0.2, -0.15) is 0 Å². The van der Waals surface area contributed by atoms with Gasteiger partial charge in [-0.3, -0.25) is 4.57 Å². The van der Waals surface area contributed by atoms with Gasteiger partial charge in [0.25, 0.3) is 0 Å². The van der Waals surface area contributed by atoms with Crippen molar-refractivity contribution in [2.45, 2.75) is 19.8 Å². The van der Waals surface area contributed by atoms with E-state index >= 15 is 0 Å². The standard InChI is InChI=1S/C16H15ClN2S/c1-2-5-11-6-3-4-7-14(11)19-15-9-8-12(17)10-13(15)18-16(19)20/h3-4,6-10H,2,5H2,1H3,(H,18,20). The molecule has 4 heteroatoms. The zero-order valence-electron chi connectivity index (χ0n) is 11.2. The summed E-state index contributed by atoms with van der Waals surface area (Å²) in [7, 11) is 0. The highest BCUT2D eigenvalue weighted by atomic mass is 35.5. The van der Waals surface area contributed by atoms with Crippen molar-refractivity contribution in [2.75, 3.05) is 0 Å². The molecular weight excluding hydrogens is 288 g/mol. The molecule has 0 aliphatic rings. The fourth-order valence-corrected chi connectivity index (χ4v) is 3.01. The predicted octanol–water partition coefficient (Wildman–Crippen LogP) is 5.29. The molecule has 0 aliphatic carbocycles. The average Bonchev–Trinajstić information content (AvgIpc) is 2.75. The maximum atomic E-state index is 6.04. The third kappa shape index (κ3) is 2.28. The number of para-hydroxylation sites is 1. The Labute approximate surface area is 128 Å². The summed E-state index contributed by atoms with van der Waals surface area (Å²) >= 11 is 11.5. The zero-order valence-corrected chi connectivity index (χ0v) is 12.8. The molecule has 1 aromatic heterocycles. The summed E-state index contributed by atoms with van der Waals surface area (Å²) < 4.78 is 2.79. The van der Waals surface area contributed by atoms with Crippen LogP contribution in [0.3, 0.4) is 0 Å². The van der Waals surface area contributed by atoms with Gasteiger partial charge in [0.2, 0.25) is 0 Å². The lowest BCUT2D eigenvalue weighted by molar-refractivity contribution is 0.900. The number of H-pyrrole nitrogens is 1. The number of aryl methyl sites for hydroxylation is 1. The third-order valence-electron chi connectivity index (χ3n) is 3.40. The van der Waals surface area contributed by atoms with Gasteiger partial charge in [0.05, 0.1) is 16.7 Å². The SMILES string of the molecule is CCCc1ccccc1-n1c(=S)[nH]c2cc(Cl)ccc21. The second-order valence-electron chi connectivity index (χ2n) is 4.81. The Bertz CT molecular complexity index is 817. The molecule has 0 bridgehead atoms. The molecule has 2 nitrogen and oxygen atoms in total. The summed E-state index contributed by atoms with van der Waals surface area (Å²) in [6.45, 7) is 2.19. The van der Waals surface area contributed by atoms with E-state index < -0.39 is 0 Å². The van der Waals surface area contributed by atoms with E-state index in [-0.39, 0.29) is 0 Å². The summed E-state index contributed by atoms with van der Waals surface area (Å²) in [5, 5.41) is 0.711. The quantitative estimate of drug-likeness (QED) is 0.652. The van der Waals surface area contributed by atoms with E-state index in [0.717, 1.165) is 29.6 Å². The lowest BCUT2D eigenvalue weighted by atomic mass is 10.1. The number of nitrogens with one attached hydrogen (secondary N) is 1. The topological polar surface area (TPSA) is 20.7 Å². The molecule has 0 radical (unpaired) electrons. The Morgan fingerprint density at radius 3 is 2.80 bits per heavy atom. The predicted molar refractivity (Wildman–Crippen MR) is 87.5 cm³/mol. The molecule has 0 unspecified atom stereocenters. The highest BCUT2D eigenvalue weighted by Gasteiger charge is 2.10. The van der Waals surface area contributed by atoms with E-state index in [1.165, 1.54) is 5.56 Å². The van der Waals surface area contributed by atoms with Crippen LogP contribution in [-0.4, -0.2) is 9.55 Å². The van der Waals surface area contributed by atoms with Crippen molar-refractivity contribution >= 4 is 34.9 Å². The number of halogens is 1. The van der Waals surface area contributed by atoms with Gasteiger partial charge in [0.1, 0.15) is 0 Å². The van der Waals surface area contributed by atoms with Crippen LogP contribution in [0.1, 0.15) is 18.9 Å². The van der Waals surface area contributed by atoms with Crippen LogP contribution in [0, 0.1) is 4.77 Å². The number of fused-ring (bicyclic) bond motifs is 1. The van der Waals surface area contributed by atoms with Crippen LogP contribution in [0.15, 0.2) is 42.5 Å². The number of imidazole rings is 1. The van der Waals surface area contributed by atoms with Crippen LogP contribution >= 0.6 is 23.8 Å². The number of hydrogen-bond acceptors (Lipinski definition) is 1. The van der Waals surface area contributed by atoms with E-state index in [1.54, 1.807) is 0 Å². The summed E-state index contributed by atoms with van der Waals surface area (Å²) in [6.07, 6.45) is 2.15. The van der Waals surface area contributed by atoms with Crippen molar-refractivity contribution in [3.05, 3.63) is 57.8 Å². The first-order valence-corrected chi connectivity index (χ1v) is 7.48. The van der Waals surface area contributed by atoms with Crippen molar-refractivity contribution in [3.63, 3.8) is 0 Å². The van der Waals surface area contributed by atoms with E-state index in [0.29, 0.717) is 9.79 Å². The Morgan fingerprint density at radius 2 is 2.00 bits per heavy atom. The van der Waals surface area contributed by atoms with Crippen LogP contribution in [0.4, 0.5) is 0 Å². The molecule has 0 saturated carbocycles. The summed E-state index contributed by atoms with van der Waals surface area (Å²) in [6, 6.07) is 14.2. The molecule has 3 rings (SSSR count). The lowest BCUT2D eigenvalue weighted by Gasteiger charge is -2.10. The van der Waals surface area contributed by atoms with Crippen LogP contribution in [-0.2, 0) is 6.42 Å². The highest BCUT2D eigenvalue weighted by Crippen LogP contribution is 2.25. The number of aromatic amines is 1. The number of rotatable bonds is 3. The summed E-state index contributed by atoms with van der Waals surface area (Å²) in [5.74, 6) is 0. The van der Waals surface area contributed by atoms with Crippen LogP contribution < -0.4 is 0 Å². The molecule has 0 fully saturated rings. The fourth-order valence-electron chi connectivity index (χ4n) is 2.53.